The molecule has 0 saturated heterocycles. The molecule has 2 aromatic rings. The van der Waals surface area contributed by atoms with E-state index in [0.717, 1.165) is 23.4 Å². The predicted octanol–water partition coefficient (Wildman–Crippen LogP) is 5.62. The molecule has 0 bridgehead atoms. The number of anilines is 1. The van der Waals surface area contributed by atoms with Crippen molar-refractivity contribution in [2.75, 3.05) is 19.1 Å². The van der Waals surface area contributed by atoms with Crippen LogP contribution in [0.4, 0.5) is 15.8 Å². The van der Waals surface area contributed by atoms with Gasteiger partial charge in [-0.2, -0.15) is 0 Å². The van der Waals surface area contributed by atoms with Crippen molar-refractivity contribution >= 4 is 17.6 Å². The molecular weight excluding hydrogens is 327 g/mol. The van der Waals surface area contributed by atoms with Crippen LogP contribution >= 0.6 is 0 Å². The van der Waals surface area contributed by atoms with E-state index >= 15 is 0 Å². The molecule has 3 rings (SSSR count). The maximum Gasteiger partial charge on any atom is 0.129 e. The first-order valence-electron chi connectivity index (χ1n) is 8.99. The van der Waals surface area contributed by atoms with Crippen LogP contribution in [0.3, 0.4) is 0 Å². The summed E-state index contributed by atoms with van der Waals surface area (Å²) in [6, 6.07) is 9.15. The molecule has 1 atom stereocenters. The molecule has 1 heterocycles. The molecule has 26 heavy (non-hydrogen) atoms. The highest BCUT2D eigenvalue weighted by atomic mass is 19.1. The molecule has 0 saturated carbocycles. The zero-order valence-electron chi connectivity index (χ0n) is 16.4. The maximum atomic E-state index is 13.4. The number of hydrogen-bond donors (Lipinski definition) is 0. The Morgan fingerprint density at radius 2 is 2.00 bits per heavy atom. The number of aliphatic imine (C=N–C) groups is 1. The van der Waals surface area contributed by atoms with Gasteiger partial charge in [0.05, 0.1) is 12.8 Å². The SMILES string of the molecule is COc1cc2c(cc1C=Nc1ccc(F)c(C)c1)C(C)CC(C)(C)N2C. The van der Waals surface area contributed by atoms with Gasteiger partial charge in [-0.25, -0.2) is 4.39 Å². The summed E-state index contributed by atoms with van der Waals surface area (Å²) < 4.78 is 19.1. The lowest BCUT2D eigenvalue weighted by atomic mass is 9.80. The summed E-state index contributed by atoms with van der Waals surface area (Å²) in [6.45, 7) is 8.55. The third-order valence-electron chi connectivity index (χ3n) is 5.48. The van der Waals surface area contributed by atoms with Gasteiger partial charge in [0, 0.05) is 36.1 Å². The Labute approximate surface area is 155 Å². The molecular formula is C22H27FN2O. The minimum atomic E-state index is -0.213. The fraction of sp³-hybridized carbons (Fsp3) is 0.409. The predicted molar refractivity (Wildman–Crippen MR) is 107 cm³/mol. The van der Waals surface area contributed by atoms with E-state index in [1.54, 1.807) is 32.4 Å². The number of methoxy groups -OCH3 is 1. The number of nitrogens with zero attached hydrogens (tertiary/aromatic N) is 2. The number of benzene rings is 2. The summed E-state index contributed by atoms with van der Waals surface area (Å²) in [6.07, 6.45) is 2.90. The van der Waals surface area contributed by atoms with Gasteiger partial charge in [-0.1, -0.05) is 6.92 Å². The average molecular weight is 354 g/mol. The van der Waals surface area contributed by atoms with E-state index in [1.807, 2.05) is 0 Å². The normalized spacial score (nSPS) is 18.9. The largest absolute Gasteiger partial charge is 0.496 e. The van der Waals surface area contributed by atoms with E-state index in [0.29, 0.717) is 11.5 Å². The smallest absolute Gasteiger partial charge is 0.129 e. The number of rotatable bonds is 3. The summed E-state index contributed by atoms with van der Waals surface area (Å²) in [5.41, 5.74) is 4.89. The van der Waals surface area contributed by atoms with Crippen LogP contribution in [0.25, 0.3) is 0 Å². The number of ether oxygens (including phenoxy) is 1. The van der Waals surface area contributed by atoms with Crippen molar-refractivity contribution < 1.29 is 9.13 Å². The molecule has 0 amide bonds. The van der Waals surface area contributed by atoms with Gasteiger partial charge in [0.15, 0.2) is 0 Å². The first-order valence-corrected chi connectivity index (χ1v) is 8.99. The van der Waals surface area contributed by atoms with Gasteiger partial charge in [-0.15, -0.1) is 0 Å². The first-order chi connectivity index (χ1) is 12.2. The Morgan fingerprint density at radius 1 is 1.27 bits per heavy atom. The number of halogens is 1. The van der Waals surface area contributed by atoms with Crippen molar-refractivity contribution in [1.82, 2.24) is 0 Å². The van der Waals surface area contributed by atoms with Crippen molar-refractivity contribution in [2.24, 2.45) is 4.99 Å². The van der Waals surface area contributed by atoms with E-state index < -0.39 is 0 Å². The minimum absolute atomic E-state index is 0.110. The Morgan fingerprint density at radius 3 is 2.65 bits per heavy atom. The van der Waals surface area contributed by atoms with Gasteiger partial charge in [-0.05, 0) is 68.5 Å². The third kappa shape index (κ3) is 3.33. The maximum absolute atomic E-state index is 13.4. The van der Waals surface area contributed by atoms with Crippen LogP contribution in [0.1, 0.15) is 49.8 Å². The van der Waals surface area contributed by atoms with Crippen LogP contribution < -0.4 is 9.64 Å². The van der Waals surface area contributed by atoms with E-state index in [9.17, 15) is 4.39 Å². The van der Waals surface area contributed by atoms with Gasteiger partial charge >= 0.3 is 0 Å². The Bertz CT molecular complexity index is 857. The molecule has 0 radical (unpaired) electrons. The number of fused-ring (bicyclic) bond motifs is 1. The van der Waals surface area contributed by atoms with Crippen molar-refractivity contribution in [2.45, 2.75) is 45.6 Å². The van der Waals surface area contributed by atoms with E-state index in [2.05, 4.69) is 49.8 Å². The molecule has 1 unspecified atom stereocenters. The lowest BCUT2D eigenvalue weighted by Gasteiger charge is -2.45. The fourth-order valence-corrected chi connectivity index (χ4v) is 3.74. The molecule has 1 aliphatic heterocycles. The zero-order valence-corrected chi connectivity index (χ0v) is 16.4. The van der Waals surface area contributed by atoms with E-state index in [1.165, 1.54) is 17.3 Å². The molecule has 1 aliphatic rings. The van der Waals surface area contributed by atoms with Gasteiger partial charge in [-0.3, -0.25) is 4.99 Å². The van der Waals surface area contributed by atoms with Crippen molar-refractivity contribution in [3.63, 3.8) is 0 Å². The summed E-state index contributed by atoms with van der Waals surface area (Å²) >= 11 is 0. The highest BCUT2D eigenvalue weighted by Crippen LogP contribution is 2.44. The Hall–Kier alpha value is -2.36. The molecule has 4 heteroatoms. The topological polar surface area (TPSA) is 24.8 Å². The van der Waals surface area contributed by atoms with Gasteiger partial charge < -0.3 is 9.64 Å². The van der Waals surface area contributed by atoms with E-state index in [-0.39, 0.29) is 11.4 Å². The van der Waals surface area contributed by atoms with Gasteiger partial charge in [0.25, 0.3) is 0 Å². The molecule has 0 spiro atoms. The lowest BCUT2D eigenvalue weighted by Crippen LogP contribution is -2.45. The van der Waals surface area contributed by atoms with E-state index in [4.69, 9.17) is 4.74 Å². The average Bonchev–Trinajstić information content (AvgIpc) is 2.60. The first kappa shape index (κ1) is 18.4. The molecule has 0 aromatic heterocycles. The van der Waals surface area contributed by atoms with Crippen LogP contribution in [0.2, 0.25) is 0 Å². The molecule has 3 nitrogen and oxygen atoms in total. The van der Waals surface area contributed by atoms with Crippen LogP contribution in [0.15, 0.2) is 35.3 Å². The van der Waals surface area contributed by atoms with Crippen LogP contribution in [-0.4, -0.2) is 25.9 Å². The third-order valence-corrected chi connectivity index (χ3v) is 5.48. The fourth-order valence-electron chi connectivity index (χ4n) is 3.74. The lowest BCUT2D eigenvalue weighted by molar-refractivity contribution is 0.389. The standard InChI is InChI=1S/C22H27FN2O/c1-14-9-17(7-8-19(14)23)24-13-16-10-18-15(2)12-22(3,4)25(5)20(18)11-21(16)26-6/h7-11,13,15H,12H2,1-6H3. The minimum Gasteiger partial charge on any atom is -0.496 e. The Kier molecular flexibility index (Phi) is 4.78. The summed E-state index contributed by atoms with van der Waals surface area (Å²) in [5, 5.41) is 0. The molecule has 0 aliphatic carbocycles. The summed E-state index contributed by atoms with van der Waals surface area (Å²) in [5.74, 6) is 1.04. The number of aryl methyl sites for hydroxylation is 1. The highest BCUT2D eigenvalue weighted by Gasteiger charge is 2.34. The molecule has 0 N–H and O–H groups in total. The second-order valence-corrected chi connectivity index (χ2v) is 7.82. The molecule has 138 valence electrons. The molecule has 2 aromatic carbocycles. The summed E-state index contributed by atoms with van der Waals surface area (Å²) in [4.78, 5) is 6.85. The van der Waals surface area contributed by atoms with Gasteiger partial charge in [0.2, 0.25) is 0 Å². The number of hydrogen-bond acceptors (Lipinski definition) is 3. The van der Waals surface area contributed by atoms with Crippen LogP contribution in [0, 0.1) is 12.7 Å². The monoisotopic (exact) mass is 354 g/mol. The van der Waals surface area contributed by atoms with Crippen LogP contribution in [0.5, 0.6) is 5.75 Å². The highest BCUT2D eigenvalue weighted by molar-refractivity contribution is 5.87. The quantitative estimate of drug-likeness (QED) is 0.669. The summed E-state index contributed by atoms with van der Waals surface area (Å²) in [7, 11) is 3.82. The van der Waals surface area contributed by atoms with Gasteiger partial charge in [0.1, 0.15) is 11.6 Å². The zero-order chi connectivity index (χ0) is 19.1. The van der Waals surface area contributed by atoms with Crippen LogP contribution in [-0.2, 0) is 0 Å². The second-order valence-electron chi connectivity index (χ2n) is 7.82. The molecule has 0 fully saturated rings. The Balaban J connectivity index is 2.02. The van der Waals surface area contributed by atoms with Crippen molar-refractivity contribution in [1.29, 1.82) is 0 Å². The van der Waals surface area contributed by atoms with Crippen molar-refractivity contribution in [3.05, 3.63) is 52.8 Å². The van der Waals surface area contributed by atoms with Crippen molar-refractivity contribution in [3.8, 4) is 5.75 Å². The second kappa shape index (κ2) is 6.75.